The Morgan fingerprint density at radius 3 is 2.48 bits per heavy atom. The predicted octanol–water partition coefficient (Wildman–Crippen LogP) is 3.24. The second kappa shape index (κ2) is 9.21. The lowest BCUT2D eigenvalue weighted by atomic mass is 10.2. The summed E-state index contributed by atoms with van der Waals surface area (Å²) in [4.78, 5) is 12.5. The van der Waals surface area contributed by atoms with Crippen LogP contribution in [-0.4, -0.2) is 41.6 Å². The topological polar surface area (TPSA) is 75.7 Å². The number of nitrogens with zero attached hydrogens (tertiary/aromatic N) is 1. The first-order valence-corrected chi connectivity index (χ1v) is 10.2. The molecule has 0 saturated heterocycles. The number of carbonyl (C=O) groups is 1. The van der Waals surface area contributed by atoms with Crippen molar-refractivity contribution in [1.82, 2.24) is 5.32 Å². The molecule has 0 fully saturated rings. The van der Waals surface area contributed by atoms with Crippen LogP contribution in [0.5, 0.6) is 0 Å². The molecule has 0 spiro atoms. The molecular formula is C19H23ClN2O4S. The van der Waals surface area contributed by atoms with E-state index in [9.17, 15) is 13.2 Å². The molecule has 0 aliphatic rings. The number of methoxy groups -OCH3 is 1. The minimum absolute atomic E-state index is 0.177. The lowest BCUT2D eigenvalue weighted by Crippen LogP contribution is -2.28. The molecular weight excluding hydrogens is 388 g/mol. The number of aryl methyl sites for hydroxylation is 1. The monoisotopic (exact) mass is 410 g/mol. The Kier molecular flexibility index (Phi) is 7.24. The van der Waals surface area contributed by atoms with Gasteiger partial charge >= 0.3 is 0 Å². The third kappa shape index (κ3) is 5.22. The number of anilines is 1. The Morgan fingerprint density at radius 2 is 1.85 bits per heavy atom. The average molecular weight is 411 g/mol. The fourth-order valence-electron chi connectivity index (χ4n) is 2.40. The van der Waals surface area contributed by atoms with Crippen LogP contribution in [0.3, 0.4) is 0 Å². The normalized spacial score (nSPS) is 11.3. The summed E-state index contributed by atoms with van der Waals surface area (Å²) in [5.41, 5.74) is 1.54. The summed E-state index contributed by atoms with van der Waals surface area (Å²) in [6.07, 6.45) is 0.668. The molecule has 2 rings (SSSR count). The number of nitrogens with one attached hydrogen (secondary N) is 1. The van der Waals surface area contributed by atoms with Crippen molar-refractivity contribution in [2.45, 2.75) is 18.2 Å². The van der Waals surface area contributed by atoms with Gasteiger partial charge in [-0.25, -0.2) is 8.42 Å². The maximum atomic E-state index is 12.8. The molecule has 2 aromatic carbocycles. The highest BCUT2D eigenvalue weighted by atomic mass is 35.5. The van der Waals surface area contributed by atoms with E-state index in [0.717, 1.165) is 9.87 Å². The summed E-state index contributed by atoms with van der Waals surface area (Å²) in [6.45, 7) is 2.85. The molecule has 0 saturated carbocycles. The zero-order valence-corrected chi connectivity index (χ0v) is 17.1. The first-order valence-electron chi connectivity index (χ1n) is 8.39. The minimum atomic E-state index is -3.75. The Labute approximate surface area is 165 Å². The van der Waals surface area contributed by atoms with Crippen LogP contribution in [0.25, 0.3) is 0 Å². The van der Waals surface area contributed by atoms with E-state index in [2.05, 4.69) is 5.32 Å². The van der Waals surface area contributed by atoms with Crippen LogP contribution < -0.4 is 9.62 Å². The van der Waals surface area contributed by atoms with Gasteiger partial charge in [-0.15, -0.1) is 0 Å². The zero-order valence-electron chi connectivity index (χ0n) is 15.5. The van der Waals surface area contributed by atoms with Gasteiger partial charge in [-0.05, 0) is 43.7 Å². The number of benzene rings is 2. The van der Waals surface area contributed by atoms with Crippen LogP contribution >= 0.6 is 11.6 Å². The van der Waals surface area contributed by atoms with Crippen LogP contribution in [0, 0.1) is 6.92 Å². The van der Waals surface area contributed by atoms with E-state index in [1.165, 1.54) is 19.2 Å². The quantitative estimate of drug-likeness (QED) is 0.678. The van der Waals surface area contributed by atoms with Gasteiger partial charge in [0, 0.05) is 27.3 Å². The second-order valence-electron chi connectivity index (χ2n) is 6.05. The largest absolute Gasteiger partial charge is 0.385 e. The molecule has 0 aliphatic heterocycles. The van der Waals surface area contributed by atoms with Gasteiger partial charge in [0.15, 0.2) is 0 Å². The molecule has 0 unspecified atom stereocenters. The molecule has 6 nitrogen and oxygen atoms in total. The number of amides is 1. The SMILES string of the molecule is COCCCNC(=O)c1cc(N(C)S(=O)(=O)c2ccc(C)cc2)ccc1Cl. The Balaban J connectivity index is 2.25. The molecule has 0 aromatic heterocycles. The zero-order chi connectivity index (χ0) is 20.0. The van der Waals surface area contributed by atoms with Crippen LogP contribution in [0.1, 0.15) is 22.3 Å². The third-order valence-electron chi connectivity index (χ3n) is 4.05. The van der Waals surface area contributed by atoms with Crippen molar-refractivity contribution in [3.8, 4) is 0 Å². The fraction of sp³-hybridized carbons (Fsp3) is 0.316. The van der Waals surface area contributed by atoms with Crippen LogP contribution in [0.2, 0.25) is 5.02 Å². The Hall–Kier alpha value is -2.09. The van der Waals surface area contributed by atoms with Crippen molar-refractivity contribution in [3.05, 3.63) is 58.6 Å². The van der Waals surface area contributed by atoms with Crippen molar-refractivity contribution < 1.29 is 17.9 Å². The summed E-state index contributed by atoms with van der Waals surface area (Å²) in [7, 11) is -0.713. The standard InChI is InChI=1S/C19H23ClN2O4S/c1-14-5-8-16(9-6-14)27(24,25)22(2)15-7-10-18(20)17(13-15)19(23)21-11-4-12-26-3/h5-10,13H,4,11-12H2,1-3H3,(H,21,23). The average Bonchev–Trinajstić information content (AvgIpc) is 2.65. The smallest absolute Gasteiger partial charge is 0.264 e. The molecule has 0 atom stereocenters. The lowest BCUT2D eigenvalue weighted by Gasteiger charge is -2.20. The van der Waals surface area contributed by atoms with Crippen LogP contribution in [0.15, 0.2) is 47.4 Å². The number of hydrogen-bond donors (Lipinski definition) is 1. The van der Waals surface area contributed by atoms with Crippen LogP contribution in [0.4, 0.5) is 5.69 Å². The minimum Gasteiger partial charge on any atom is -0.385 e. The van der Waals surface area contributed by atoms with Gasteiger partial charge in [0.25, 0.3) is 15.9 Å². The van der Waals surface area contributed by atoms with Gasteiger partial charge in [-0.2, -0.15) is 0 Å². The maximum Gasteiger partial charge on any atom is 0.264 e. The van der Waals surface area contributed by atoms with E-state index in [0.29, 0.717) is 25.3 Å². The van der Waals surface area contributed by atoms with E-state index < -0.39 is 10.0 Å². The molecule has 0 bridgehead atoms. The van der Waals surface area contributed by atoms with E-state index in [-0.39, 0.29) is 21.4 Å². The molecule has 1 N–H and O–H groups in total. The first kappa shape index (κ1) is 21.2. The summed E-state index contributed by atoms with van der Waals surface area (Å²) < 4.78 is 31.7. The van der Waals surface area contributed by atoms with E-state index >= 15 is 0 Å². The number of hydrogen-bond acceptors (Lipinski definition) is 4. The summed E-state index contributed by atoms with van der Waals surface area (Å²) in [6, 6.07) is 11.1. The highest BCUT2D eigenvalue weighted by molar-refractivity contribution is 7.92. The second-order valence-corrected chi connectivity index (χ2v) is 8.43. The molecule has 0 radical (unpaired) electrons. The van der Waals surface area contributed by atoms with Gasteiger partial charge in [0.2, 0.25) is 0 Å². The highest BCUT2D eigenvalue weighted by Gasteiger charge is 2.22. The Morgan fingerprint density at radius 1 is 1.19 bits per heavy atom. The lowest BCUT2D eigenvalue weighted by molar-refractivity contribution is 0.0948. The molecule has 0 heterocycles. The molecule has 2 aromatic rings. The number of halogens is 1. The third-order valence-corrected chi connectivity index (χ3v) is 6.18. The first-order chi connectivity index (χ1) is 12.8. The molecule has 1 amide bonds. The van der Waals surface area contributed by atoms with Crippen molar-refractivity contribution in [2.24, 2.45) is 0 Å². The molecule has 27 heavy (non-hydrogen) atoms. The van der Waals surface area contributed by atoms with Gasteiger partial charge in [-0.1, -0.05) is 29.3 Å². The van der Waals surface area contributed by atoms with Gasteiger partial charge in [0.05, 0.1) is 21.2 Å². The summed E-state index contributed by atoms with van der Waals surface area (Å²) >= 11 is 6.13. The van der Waals surface area contributed by atoms with Gasteiger partial charge in [0.1, 0.15) is 0 Å². The maximum absolute atomic E-state index is 12.8. The summed E-state index contributed by atoms with van der Waals surface area (Å²) in [5.74, 6) is -0.362. The van der Waals surface area contributed by atoms with Crippen molar-refractivity contribution in [3.63, 3.8) is 0 Å². The summed E-state index contributed by atoms with van der Waals surface area (Å²) in [5, 5.41) is 3.00. The van der Waals surface area contributed by atoms with Crippen LogP contribution in [-0.2, 0) is 14.8 Å². The number of rotatable bonds is 8. The predicted molar refractivity (Wildman–Crippen MR) is 107 cm³/mol. The number of sulfonamides is 1. The number of ether oxygens (including phenoxy) is 1. The highest BCUT2D eigenvalue weighted by Crippen LogP contribution is 2.27. The van der Waals surface area contributed by atoms with E-state index in [4.69, 9.17) is 16.3 Å². The number of carbonyl (C=O) groups excluding carboxylic acids is 1. The van der Waals surface area contributed by atoms with Gasteiger partial charge < -0.3 is 10.1 Å². The molecule has 8 heteroatoms. The van der Waals surface area contributed by atoms with Gasteiger partial charge in [-0.3, -0.25) is 9.10 Å². The van der Waals surface area contributed by atoms with Crippen molar-refractivity contribution in [2.75, 3.05) is 31.6 Å². The molecule has 146 valence electrons. The van der Waals surface area contributed by atoms with E-state index in [1.54, 1.807) is 37.4 Å². The Bertz CT molecular complexity index is 898. The van der Waals surface area contributed by atoms with Crippen molar-refractivity contribution >= 4 is 33.2 Å². The van der Waals surface area contributed by atoms with E-state index in [1.807, 2.05) is 6.92 Å². The van der Waals surface area contributed by atoms with Crippen molar-refractivity contribution in [1.29, 1.82) is 0 Å². The molecule has 0 aliphatic carbocycles. The fourth-order valence-corrected chi connectivity index (χ4v) is 3.79.